The van der Waals surface area contributed by atoms with Crippen molar-refractivity contribution in [3.05, 3.63) is 53.6 Å². The Kier molecular flexibility index (Phi) is 14.4. The molecule has 4 atom stereocenters. The van der Waals surface area contributed by atoms with Crippen LogP contribution in [0.25, 0.3) is 0 Å². The van der Waals surface area contributed by atoms with Gasteiger partial charge in [0, 0.05) is 50.1 Å². The monoisotopic (exact) mass is 719 g/mol. The molecule has 2 aliphatic rings. The first-order valence-electron chi connectivity index (χ1n) is 17.9. The van der Waals surface area contributed by atoms with Gasteiger partial charge in [0.1, 0.15) is 5.75 Å². The van der Waals surface area contributed by atoms with Crippen molar-refractivity contribution in [1.82, 2.24) is 15.1 Å². The van der Waals surface area contributed by atoms with Crippen LogP contribution in [0.3, 0.4) is 0 Å². The van der Waals surface area contributed by atoms with Crippen LogP contribution in [0.5, 0.6) is 5.75 Å². The van der Waals surface area contributed by atoms with E-state index < -0.39 is 35.8 Å². The van der Waals surface area contributed by atoms with Crippen LogP contribution in [-0.4, -0.2) is 90.5 Å². The van der Waals surface area contributed by atoms with E-state index in [-0.39, 0.29) is 54.2 Å². The van der Waals surface area contributed by atoms with Gasteiger partial charge in [-0.3, -0.25) is 4.79 Å². The van der Waals surface area contributed by atoms with Crippen molar-refractivity contribution in [2.24, 2.45) is 5.92 Å². The summed E-state index contributed by atoms with van der Waals surface area (Å²) in [6.07, 6.45) is 2.44. The van der Waals surface area contributed by atoms with Crippen molar-refractivity contribution in [1.29, 1.82) is 0 Å². The van der Waals surface area contributed by atoms with E-state index in [1.165, 1.54) is 12.5 Å². The lowest BCUT2D eigenvalue weighted by Crippen LogP contribution is -2.50. The van der Waals surface area contributed by atoms with Crippen LogP contribution in [0.1, 0.15) is 88.1 Å². The van der Waals surface area contributed by atoms with E-state index in [1.54, 1.807) is 35.9 Å². The number of carbonyl (C=O) groups excluding carboxylic acids is 3. The molecule has 282 valence electrons. The maximum atomic E-state index is 14.4. The third-order valence-electron chi connectivity index (χ3n) is 9.51. The van der Waals surface area contributed by atoms with E-state index in [4.69, 9.17) is 9.47 Å². The van der Waals surface area contributed by atoms with E-state index in [0.29, 0.717) is 25.3 Å². The summed E-state index contributed by atoms with van der Waals surface area (Å²) in [7, 11) is 1.75. The second kappa shape index (κ2) is 18.5. The maximum absolute atomic E-state index is 14.4. The normalized spacial score (nSPS) is 21.8. The van der Waals surface area contributed by atoms with Gasteiger partial charge in [0.2, 0.25) is 0 Å². The molecule has 0 radical (unpaired) electrons. The first-order valence-corrected chi connectivity index (χ1v) is 17.9. The van der Waals surface area contributed by atoms with Gasteiger partial charge in [0.25, 0.3) is 5.91 Å². The molecule has 1 saturated carbocycles. The number of likely N-dealkylation sites (N-methyl/N-ethyl adjacent to an activating group) is 1. The summed E-state index contributed by atoms with van der Waals surface area (Å²) >= 11 is 0. The number of benzene rings is 2. The third kappa shape index (κ3) is 11.7. The largest absolute Gasteiger partial charge is 0.490 e. The molecule has 1 aliphatic carbocycles. The predicted molar refractivity (Wildman–Crippen MR) is 189 cm³/mol. The highest BCUT2D eigenvalue weighted by Gasteiger charge is 2.32. The summed E-state index contributed by atoms with van der Waals surface area (Å²) in [6.45, 7) is 6.27. The number of ether oxygens (including phenoxy) is 2. The molecule has 5 amide bonds. The number of carbonyl (C=O) groups is 3. The fourth-order valence-electron chi connectivity index (χ4n) is 6.38. The molecule has 2 aromatic carbocycles. The average Bonchev–Trinajstić information content (AvgIpc) is 3.09. The Morgan fingerprint density at radius 1 is 0.980 bits per heavy atom. The van der Waals surface area contributed by atoms with Gasteiger partial charge in [-0.1, -0.05) is 26.2 Å². The zero-order valence-corrected chi connectivity index (χ0v) is 29.9. The zero-order chi connectivity index (χ0) is 37.1. The van der Waals surface area contributed by atoms with Crippen molar-refractivity contribution in [3.63, 3.8) is 0 Å². The third-order valence-corrected chi connectivity index (χ3v) is 9.51. The highest BCUT2D eigenvalue weighted by molar-refractivity contribution is 6.02. The number of amides is 5. The minimum absolute atomic E-state index is 0.151. The lowest BCUT2D eigenvalue weighted by atomic mass is 9.96. The molecule has 14 heteroatoms. The van der Waals surface area contributed by atoms with Gasteiger partial charge in [0.15, 0.2) is 0 Å². The summed E-state index contributed by atoms with van der Waals surface area (Å²) in [5.74, 6) is -0.362. The van der Waals surface area contributed by atoms with E-state index >= 15 is 0 Å². The van der Waals surface area contributed by atoms with Crippen molar-refractivity contribution in [3.8, 4) is 5.75 Å². The molecular weight excluding hydrogens is 667 g/mol. The first-order chi connectivity index (χ1) is 24.2. The summed E-state index contributed by atoms with van der Waals surface area (Å²) in [5, 5.41) is 18.5. The quantitative estimate of drug-likeness (QED) is 0.241. The van der Waals surface area contributed by atoms with Crippen molar-refractivity contribution in [2.75, 3.05) is 44.0 Å². The van der Waals surface area contributed by atoms with Crippen LogP contribution < -0.4 is 20.7 Å². The molecule has 1 aliphatic heterocycles. The number of fused-ring (bicyclic) bond motifs is 1. The molecule has 0 saturated heterocycles. The minimum Gasteiger partial charge on any atom is -0.490 e. The molecule has 51 heavy (non-hydrogen) atoms. The highest BCUT2D eigenvalue weighted by atomic mass is 19.4. The van der Waals surface area contributed by atoms with Gasteiger partial charge in [-0.05, 0) is 88.4 Å². The molecule has 4 N–H and O–H groups in total. The van der Waals surface area contributed by atoms with Gasteiger partial charge >= 0.3 is 18.2 Å². The molecule has 11 nitrogen and oxygen atoms in total. The Bertz CT molecular complexity index is 1450. The number of aliphatic hydroxyl groups excluding tert-OH is 1. The average molecular weight is 720 g/mol. The molecule has 0 aromatic heterocycles. The van der Waals surface area contributed by atoms with E-state index in [2.05, 4.69) is 16.0 Å². The zero-order valence-electron chi connectivity index (χ0n) is 29.9. The Balaban J connectivity index is 1.55. The highest BCUT2D eigenvalue weighted by Crippen LogP contribution is 2.31. The number of hydrogen-bond acceptors (Lipinski definition) is 6. The summed E-state index contributed by atoms with van der Waals surface area (Å²) in [4.78, 5) is 43.5. The van der Waals surface area contributed by atoms with Crippen LogP contribution in [0.4, 0.5) is 34.1 Å². The number of anilines is 2. The van der Waals surface area contributed by atoms with Crippen LogP contribution in [-0.2, 0) is 10.9 Å². The standard InChI is InChI=1S/C37H52F3N5O6/c1-24-21-45(25(2)23-46)34(47)31-20-30(42-35(48)41-29-15-13-27(14-16-29)37(38,39)40)17-18-32(31)51-26(3)10-8-9-19-50-33(24)22-44(4)36(49)43-28-11-6-5-7-12-28/h13-18,20,24-26,28,33,46H,5-12,19,21-23H2,1-4H3,(H,43,49)(H2,41,42,48)/t24-,25-,26-,33+/m0/s1. The Hall–Kier alpha value is -4.04. The minimum atomic E-state index is -4.50. The van der Waals surface area contributed by atoms with Crippen LogP contribution in [0.2, 0.25) is 0 Å². The molecule has 1 fully saturated rings. The summed E-state index contributed by atoms with van der Waals surface area (Å²) < 4.78 is 51.5. The molecule has 0 bridgehead atoms. The van der Waals surface area contributed by atoms with E-state index in [1.807, 2.05) is 13.8 Å². The van der Waals surface area contributed by atoms with E-state index in [0.717, 1.165) is 62.8 Å². The number of urea groups is 2. The molecule has 0 spiro atoms. The molecule has 1 heterocycles. The number of nitrogens with zero attached hydrogens (tertiary/aromatic N) is 2. The SMILES string of the molecule is C[C@H]1CCCCO[C@H](CN(C)C(=O)NC2CCCCC2)[C@@H](C)CN([C@@H](C)CO)C(=O)c2cc(NC(=O)Nc3ccc(C(F)(F)F)cc3)ccc2O1. The van der Waals surface area contributed by atoms with Crippen molar-refractivity contribution in [2.45, 2.75) is 103 Å². The lowest BCUT2D eigenvalue weighted by Gasteiger charge is -2.36. The van der Waals surface area contributed by atoms with Crippen molar-refractivity contribution < 1.29 is 42.1 Å². The Labute approximate surface area is 298 Å². The number of halogens is 3. The number of aliphatic hydroxyl groups is 1. The first kappa shape index (κ1) is 39.7. The fourth-order valence-corrected chi connectivity index (χ4v) is 6.38. The van der Waals surface area contributed by atoms with Gasteiger partial charge in [-0.15, -0.1) is 0 Å². The molecule has 4 rings (SSSR count). The van der Waals surface area contributed by atoms with E-state index in [9.17, 15) is 32.7 Å². The van der Waals surface area contributed by atoms with Gasteiger partial charge in [0.05, 0.1) is 36.0 Å². The number of rotatable bonds is 7. The van der Waals surface area contributed by atoms with Gasteiger partial charge in [-0.25, -0.2) is 9.59 Å². The predicted octanol–water partition coefficient (Wildman–Crippen LogP) is 7.12. The van der Waals surface area contributed by atoms with Gasteiger partial charge < -0.3 is 40.3 Å². The molecule has 0 unspecified atom stereocenters. The number of nitrogens with one attached hydrogen (secondary N) is 3. The fraction of sp³-hybridized carbons (Fsp3) is 0.595. The topological polar surface area (TPSA) is 132 Å². The summed E-state index contributed by atoms with van der Waals surface area (Å²) in [6, 6.07) is 7.40. The molecule has 2 aromatic rings. The molecular formula is C37H52F3N5O6. The van der Waals surface area contributed by atoms with Crippen LogP contribution >= 0.6 is 0 Å². The lowest BCUT2D eigenvalue weighted by molar-refractivity contribution is -0.137. The van der Waals surface area contributed by atoms with Crippen LogP contribution in [0, 0.1) is 5.92 Å². The second-order valence-corrected chi connectivity index (χ2v) is 13.8. The van der Waals surface area contributed by atoms with Crippen LogP contribution in [0.15, 0.2) is 42.5 Å². The number of hydrogen-bond donors (Lipinski definition) is 4. The summed E-state index contributed by atoms with van der Waals surface area (Å²) in [5.41, 5.74) is -0.271. The Morgan fingerprint density at radius 2 is 1.63 bits per heavy atom. The Morgan fingerprint density at radius 3 is 2.29 bits per heavy atom. The maximum Gasteiger partial charge on any atom is 0.416 e. The van der Waals surface area contributed by atoms with Gasteiger partial charge in [-0.2, -0.15) is 13.2 Å². The number of alkyl halides is 3. The van der Waals surface area contributed by atoms with Crippen molar-refractivity contribution >= 4 is 29.3 Å². The smallest absolute Gasteiger partial charge is 0.416 e. The second-order valence-electron chi connectivity index (χ2n) is 13.8.